The summed E-state index contributed by atoms with van der Waals surface area (Å²) in [6.07, 6.45) is 21.4. The molecule has 0 bridgehead atoms. The van der Waals surface area contributed by atoms with Crippen molar-refractivity contribution in [1.29, 1.82) is 0 Å². The second-order valence-corrected chi connectivity index (χ2v) is 12.3. The third kappa shape index (κ3) is 6.83. The van der Waals surface area contributed by atoms with Crippen LogP contribution >= 0.6 is 0 Å². The fraction of sp³-hybridized carbons (Fsp3) is 0.462. The Morgan fingerprint density at radius 2 is 1.12 bits per heavy atom. The number of aryl methyl sites for hydroxylation is 4. The van der Waals surface area contributed by atoms with Gasteiger partial charge in [0.25, 0.3) is 0 Å². The lowest BCUT2D eigenvalue weighted by atomic mass is 9.99. The van der Waals surface area contributed by atoms with Crippen LogP contribution in [0.25, 0.3) is 33.2 Å². The molecule has 0 radical (unpaired) electrons. The topological polar surface area (TPSA) is 22.8 Å². The van der Waals surface area contributed by atoms with Crippen LogP contribution in [0, 0.1) is 0 Å². The van der Waals surface area contributed by atoms with Crippen molar-refractivity contribution in [3.63, 3.8) is 0 Å². The normalized spacial score (nSPS) is 11.7. The maximum atomic E-state index is 4.96. The zero-order valence-corrected chi connectivity index (χ0v) is 26.6. The number of hydrogen-bond donors (Lipinski definition) is 0. The quantitative estimate of drug-likeness (QED) is 0.110. The van der Waals surface area contributed by atoms with Crippen LogP contribution in [0.15, 0.2) is 67.0 Å². The predicted molar refractivity (Wildman–Crippen MR) is 182 cm³/mol. The van der Waals surface area contributed by atoms with Gasteiger partial charge in [-0.05, 0) is 103 Å². The molecule has 3 aromatic carbocycles. The Hall–Kier alpha value is -3.33. The predicted octanol–water partition coefficient (Wildman–Crippen LogP) is 11.1. The monoisotopic (exact) mass is 561 g/mol. The van der Waals surface area contributed by atoms with Crippen molar-refractivity contribution < 1.29 is 0 Å². The van der Waals surface area contributed by atoms with E-state index in [1.807, 2.05) is 0 Å². The molecule has 0 aliphatic heterocycles. The lowest BCUT2D eigenvalue weighted by Gasteiger charge is -2.19. The molecule has 0 spiro atoms. The summed E-state index contributed by atoms with van der Waals surface area (Å²) in [6.45, 7) is 9.12. The Morgan fingerprint density at radius 1 is 0.524 bits per heavy atom. The van der Waals surface area contributed by atoms with Crippen LogP contribution in [0.5, 0.6) is 0 Å². The van der Waals surface area contributed by atoms with E-state index in [0.29, 0.717) is 0 Å². The van der Waals surface area contributed by atoms with Gasteiger partial charge in [0.05, 0.1) is 22.9 Å². The molecular weight excluding hydrogens is 510 g/mol. The van der Waals surface area contributed by atoms with Gasteiger partial charge in [0.15, 0.2) is 0 Å². The van der Waals surface area contributed by atoms with Gasteiger partial charge in [-0.2, -0.15) is 5.10 Å². The second kappa shape index (κ2) is 14.7. The molecule has 0 saturated carbocycles. The average molecular weight is 562 g/mol. The van der Waals surface area contributed by atoms with Gasteiger partial charge in [0, 0.05) is 22.7 Å². The van der Waals surface area contributed by atoms with Crippen molar-refractivity contribution in [2.45, 2.75) is 118 Å². The molecule has 2 heterocycles. The smallest absolute Gasteiger partial charge is 0.0741 e. The fourth-order valence-corrected chi connectivity index (χ4v) is 6.52. The maximum absolute atomic E-state index is 4.96. The minimum absolute atomic E-state index is 1.03. The molecule has 42 heavy (non-hydrogen) atoms. The van der Waals surface area contributed by atoms with Gasteiger partial charge >= 0.3 is 0 Å². The maximum Gasteiger partial charge on any atom is 0.0741 e. The molecule has 0 fully saturated rings. The highest BCUT2D eigenvalue weighted by molar-refractivity contribution is 5.84. The van der Waals surface area contributed by atoms with Crippen LogP contribution in [0.4, 0.5) is 0 Å². The Morgan fingerprint density at radius 3 is 1.76 bits per heavy atom. The number of hydrogen-bond acceptors (Lipinski definition) is 1. The van der Waals surface area contributed by atoms with E-state index in [1.54, 1.807) is 0 Å². The van der Waals surface area contributed by atoms with Gasteiger partial charge in [-0.25, -0.2) is 4.68 Å². The summed E-state index contributed by atoms with van der Waals surface area (Å²) in [6, 6.07) is 21.3. The molecule has 5 aromatic rings. The van der Waals surface area contributed by atoms with Crippen LogP contribution in [-0.2, 0) is 25.7 Å². The molecule has 0 aliphatic rings. The van der Waals surface area contributed by atoms with Gasteiger partial charge in [-0.3, -0.25) is 0 Å². The van der Waals surface area contributed by atoms with Crippen molar-refractivity contribution in [2.24, 2.45) is 0 Å². The molecule has 222 valence electrons. The fourth-order valence-electron chi connectivity index (χ4n) is 6.52. The molecule has 0 saturated heterocycles. The van der Waals surface area contributed by atoms with Gasteiger partial charge < -0.3 is 4.57 Å². The molecule has 3 heteroatoms. The summed E-state index contributed by atoms with van der Waals surface area (Å²) in [7, 11) is 0. The molecule has 2 aromatic heterocycles. The minimum atomic E-state index is 1.03. The number of aromatic nitrogens is 3. The standard InChI is InChI=1S/C39H51N3/c1-5-9-11-13-17-30-19-21-36-34(25-30)23-24-41(36)38-27-33(16-8-4)39(28-32(38)15-7-3)42-37-22-20-31(18-14-12-10-6-2)26-35(37)29-40-42/h19-29H,5-18H2,1-4H3. The summed E-state index contributed by atoms with van der Waals surface area (Å²) in [4.78, 5) is 0. The Balaban J connectivity index is 1.50. The van der Waals surface area contributed by atoms with Crippen molar-refractivity contribution in [3.8, 4) is 11.4 Å². The van der Waals surface area contributed by atoms with E-state index in [1.165, 1.54) is 113 Å². The Bertz CT molecular complexity index is 1460. The number of benzene rings is 3. The van der Waals surface area contributed by atoms with Gasteiger partial charge in [0.2, 0.25) is 0 Å². The van der Waals surface area contributed by atoms with E-state index in [2.05, 4.69) is 104 Å². The van der Waals surface area contributed by atoms with Gasteiger partial charge in [-0.1, -0.05) is 91.2 Å². The molecule has 0 amide bonds. The zero-order valence-electron chi connectivity index (χ0n) is 26.6. The third-order valence-electron chi connectivity index (χ3n) is 8.83. The van der Waals surface area contributed by atoms with Crippen LogP contribution in [-0.4, -0.2) is 14.3 Å². The van der Waals surface area contributed by atoms with Crippen LogP contribution in [0.3, 0.4) is 0 Å². The molecule has 5 rings (SSSR count). The number of fused-ring (bicyclic) bond motifs is 2. The first-order valence-corrected chi connectivity index (χ1v) is 16.9. The minimum Gasteiger partial charge on any atom is -0.316 e. The third-order valence-corrected chi connectivity index (χ3v) is 8.83. The highest BCUT2D eigenvalue weighted by Crippen LogP contribution is 2.31. The largest absolute Gasteiger partial charge is 0.316 e. The van der Waals surface area contributed by atoms with Gasteiger partial charge in [0.1, 0.15) is 0 Å². The lowest BCUT2D eigenvalue weighted by Crippen LogP contribution is -2.07. The van der Waals surface area contributed by atoms with E-state index < -0.39 is 0 Å². The van der Waals surface area contributed by atoms with E-state index in [4.69, 9.17) is 5.10 Å². The molecular formula is C39H51N3. The first-order valence-electron chi connectivity index (χ1n) is 16.9. The van der Waals surface area contributed by atoms with Crippen molar-refractivity contribution in [1.82, 2.24) is 14.3 Å². The Kier molecular flexibility index (Phi) is 10.6. The highest BCUT2D eigenvalue weighted by atomic mass is 15.3. The van der Waals surface area contributed by atoms with Crippen LogP contribution in [0.2, 0.25) is 0 Å². The number of unbranched alkanes of at least 4 members (excludes halogenated alkanes) is 6. The average Bonchev–Trinajstić information content (AvgIpc) is 3.62. The van der Waals surface area contributed by atoms with E-state index >= 15 is 0 Å². The Labute approximate surface area is 254 Å². The van der Waals surface area contributed by atoms with Crippen molar-refractivity contribution in [2.75, 3.05) is 0 Å². The highest BCUT2D eigenvalue weighted by Gasteiger charge is 2.16. The summed E-state index contributed by atoms with van der Waals surface area (Å²) in [5.41, 5.74) is 10.7. The first-order chi connectivity index (χ1) is 20.7. The SMILES string of the molecule is CCCCCCc1ccc2c(ccn2-c2cc(CCC)c(-n3ncc4cc(CCCCCC)ccc43)cc2CCC)c1. The molecule has 0 aliphatic carbocycles. The van der Waals surface area contributed by atoms with Crippen LogP contribution < -0.4 is 0 Å². The lowest BCUT2D eigenvalue weighted by molar-refractivity contribution is 0.667. The van der Waals surface area contributed by atoms with Crippen LogP contribution in [0.1, 0.15) is 114 Å². The second-order valence-electron chi connectivity index (χ2n) is 12.3. The molecule has 0 unspecified atom stereocenters. The van der Waals surface area contributed by atoms with E-state index in [0.717, 1.165) is 32.1 Å². The number of rotatable bonds is 16. The summed E-state index contributed by atoms with van der Waals surface area (Å²) in [5, 5.41) is 7.55. The molecule has 0 atom stereocenters. The van der Waals surface area contributed by atoms with E-state index in [-0.39, 0.29) is 0 Å². The summed E-state index contributed by atoms with van der Waals surface area (Å²) < 4.78 is 4.62. The summed E-state index contributed by atoms with van der Waals surface area (Å²) >= 11 is 0. The molecule has 3 nitrogen and oxygen atoms in total. The number of nitrogens with zero attached hydrogens (tertiary/aromatic N) is 3. The van der Waals surface area contributed by atoms with Crippen molar-refractivity contribution >= 4 is 21.8 Å². The van der Waals surface area contributed by atoms with E-state index in [9.17, 15) is 0 Å². The zero-order chi connectivity index (χ0) is 29.3. The van der Waals surface area contributed by atoms with Crippen molar-refractivity contribution in [3.05, 3.63) is 89.2 Å². The van der Waals surface area contributed by atoms with Gasteiger partial charge in [-0.15, -0.1) is 0 Å². The molecule has 0 N–H and O–H groups in total. The first kappa shape index (κ1) is 30.1. The summed E-state index contributed by atoms with van der Waals surface area (Å²) in [5.74, 6) is 0.